The third kappa shape index (κ3) is 3.64. The molecule has 1 atom stereocenters. The molecule has 1 aliphatic rings. The molecule has 3 heterocycles. The van der Waals surface area contributed by atoms with Gasteiger partial charge in [0.25, 0.3) is 5.91 Å². The Hall–Kier alpha value is -3.29. The van der Waals surface area contributed by atoms with Crippen molar-refractivity contribution in [2.75, 3.05) is 11.9 Å². The summed E-state index contributed by atoms with van der Waals surface area (Å²) in [4.78, 5) is 17.1. The van der Waals surface area contributed by atoms with Crippen molar-refractivity contribution in [3.63, 3.8) is 0 Å². The molecule has 1 aliphatic heterocycles. The summed E-state index contributed by atoms with van der Waals surface area (Å²) >= 11 is 0. The molecule has 0 radical (unpaired) electrons. The fraction of sp³-hybridized carbons (Fsp3) is 0.263. The number of anilines is 1. The predicted molar refractivity (Wildman–Crippen MR) is 96.9 cm³/mol. The summed E-state index contributed by atoms with van der Waals surface area (Å²) in [6.07, 6.45) is 2.39. The molecule has 1 N–H and O–H groups in total. The molecule has 27 heavy (non-hydrogen) atoms. The van der Waals surface area contributed by atoms with E-state index >= 15 is 0 Å². The monoisotopic (exact) mass is 367 g/mol. The van der Waals surface area contributed by atoms with E-state index in [-0.39, 0.29) is 17.2 Å². The van der Waals surface area contributed by atoms with Gasteiger partial charge in [0, 0.05) is 12.6 Å². The van der Waals surface area contributed by atoms with Gasteiger partial charge in [-0.1, -0.05) is 13.0 Å². The first-order valence-corrected chi connectivity index (χ1v) is 8.69. The Labute approximate surface area is 155 Å². The molecule has 2 aromatic heterocycles. The number of halogens is 1. The molecule has 4 rings (SSSR count). The van der Waals surface area contributed by atoms with E-state index in [9.17, 15) is 9.18 Å². The van der Waals surface area contributed by atoms with Crippen molar-refractivity contribution < 1.29 is 13.9 Å². The number of nitrogens with one attached hydrogen (secondary N) is 1. The molecule has 0 aliphatic carbocycles. The number of ether oxygens (including phenoxy) is 1. The van der Waals surface area contributed by atoms with Crippen LogP contribution in [0.5, 0.6) is 5.75 Å². The zero-order valence-corrected chi connectivity index (χ0v) is 14.7. The van der Waals surface area contributed by atoms with Crippen molar-refractivity contribution in [2.45, 2.75) is 19.9 Å². The van der Waals surface area contributed by atoms with E-state index in [0.29, 0.717) is 30.5 Å². The summed E-state index contributed by atoms with van der Waals surface area (Å²) in [6, 6.07) is 9.16. The molecule has 1 amide bonds. The smallest absolute Gasteiger partial charge is 0.260 e. The number of rotatable bonds is 0. The summed E-state index contributed by atoms with van der Waals surface area (Å²) in [5, 5.41) is 10.9. The van der Waals surface area contributed by atoms with Gasteiger partial charge in [-0.15, -0.1) is 10.2 Å². The Morgan fingerprint density at radius 2 is 2.19 bits per heavy atom. The zero-order valence-electron chi connectivity index (χ0n) is 14.7. The van der Waals surface area contributed by atoms with Crippen molar-refractivity contribution in [3.05, 3.63) is 54.1 Å². The highest BCUT2D eigenvalue weighted by Crippen LogP contribution is 2.24. The standard InChI is InChI=1S/C19H18FN5O2/c1-12-7-8-27-16-9-13(20)5-6-14(16)19(26)23-17-4-2-3-15(22-17)18-24-21-11-25(18)10-12/h2-6,9,11-12H,7-8,10H2,1H3,(H,22,23,26)/t12-/m1/s1. The first-order chi connectivity index (χ1) is 13.1. The molecular formula is C19H18FN5O2. The first-order valence-electron chi connectivity index (χ1n) is 8.69. The molecule has 0 saturated heterocycles. The first kappa shape index (κ1) is 17.1. The number of nitrogens with zero attached hydrogens (tertiary/aromatic N) is 4. The molecule has 1 aromatic carbocycles. The second kappa shape index (κ2) is 7.14. The summed E-state index contributed by atoms with van der Waals surface area (Å²) in [5.41, 5.74) is 0.877. The van der Waals surface area contributed by atoms with Crippen LogP contribution in [-0.2, 0) is 6.54 Å². The number of hydrogen-bond donors (Lipinski definition) is 1. The molecule has 7 nitrogen and oxygen atoms in total. The molecule has 138 valence electrons. The Bertz CT molecular complexity index is 988. The van der Waals surface area contributed by atoms with Crippen LogP contribution in [0.2, 0.25) is 0 Å². The zero-order chi connectivity index (χ0) is 18.8. The molecule has 0 unspecified atom stereocenters. The maximum atomic E-state index is 13.6. The van der Waals surface area contributed by atoms with Crippen molar-refractivity contribution in [1.29, 1.82) is 0 Å². The Kier molecular flexibility index (Phi) is 4.53. The molecule has 8 heteroatoms. The maximum absolute atomic E-state index is 13.6. The van der Waals surface area contributed by atoms with E-state index in [0.717, 1.165) is 6.42 Å². The number of carbonyl (C=O) groups excluding carboxylic acids is 1. The van der Waals surface area contributed by atoms with Crippen LogP contribution in [0, 0.1) is 11.7 Å². The third-order valence-electron chi connectivity index (χ3n) is 4.40. The van der Waals surface area contributed by atoms with E-state index in [4.69, 9.17) is 4.74 Å². The largest absolute Gasteiger partial charge is 0.493 e. The van der Waals surface area contributed by atoms with Gasteiger partial charge in [-0.3, -0.25) is 4.79 Å². The Balaban J connectivity index is 1.76. The van der Waals surface area contributed by atoms with Crippen molar-refractivity contribution in [1.82, 2.24) is 19.7 Å². The lowest BCUT2D eigenvalue weighted by atomic mass is 10.1. The van der Waals surface area contributed by atoms with Gasteiger partial charge in [-0.25, -0.2) is 9.37 Å². The van der Waals surface area contributed by atoms with E-state index < -0.39 is 11.7 Å². The van der Waals surface area contributed by atoms with Crippen LogP contribution in [0.25, 0.3) is 11.5 Å². The van der Waals surface area contributed by atoms with Gasteiger partial charge in [-0.2, -0.15) is 0 Å². The highest BCUT2D eigenvalue weighted by molar-refractivity contribution is 6.05. The second-order valence-electron chi connectivity index (χ2n) is 6.55. The SMILES string of the molecule is C[C@@H]1CCOc2cc(F)ccc2C(=O)Nc2cccc(n2)-c2nncn2C1. The van der Waals surface area contributed by atoms with Gasteiger partial charge >= 0.3 is 0 Å². The number of amides is 1. The molecular weight excluding hydrogens is 349 g/mol. The number of carbonyl (C=O) groups is 1. The number of aromatic nitrogens is 4. The average Bonchev–Trinajstić information content (AvgIpc) is 3.09. The van der Waals surface area contributed by atoms with Crippen molar-refractivity contribution in [2.24, 2.45) is 5.92 Å². The normalized spacial score (nSPS) is 17.1. The van der Waals surface area contributed by atoms with Gasteiger partial charge in [-0.05, 0) is 36.6 Å². The van der Waals surface area contributed by atoms with Crippen molar-refractivity contribution >= 4 is 11.7 Å². The minimum absolute atomic E-state index is 0.220. The highest BCUT2D eigenvalue weighted by atomic mass is 19.1. The molecule has 0 fully saturated rings. The lowest BCUT2D eigenvalue weighted by Crippen LogP contribution is -2.17. The van der Waals surface area contributed by atoms with Crippen LogP contribution in [-0.4, -0.2) is 32.3 Å². The van der Waals surface area contributed by atoms with Crippen LogP contribution >= 0.6 is 0 Å². The molecule has 0 spiro atoms. The van der Waals surface area contributed by atoms with Crippen LogP contribution < -0.4 is 10.1 Å². The number of hydrogen-bond acceptors (Lipinski definition) is 5. The third-order valence-corrected chi connectivity index (χ3v) is 4.40. The van der Waals surface area contributed by atoms with Crippen LogP contribution in [0.1, 0.15) is 23.7 Å². The topological polar surface area (TPSA) is 81.9 Å². The second-order valence-corrected chi connectivity index (χ2v) is 6.55. The number of benzene rings is 1. The molecule has 2 bridgehead atoms. The van der Waals surface area contributed by atoms with E-state index in [2.05, 4.69) is 27.4 Å². The fourth-order valence-corrected chi connectivity index (χ4v) is 3.00. The van der Waals surface area contributed by atoms with Crippen LogP contribution in [0.15, 0.2) is 42.7 Å². The number of fused-ring (bicyclic) bond motifs is 5. The summed E-state index contributed by atoms with van der Waals surface area (Å²) < 4.78 is 21.3. The van der Waals surface area contributed by atoms with Crippen molar-refractivity contribution in [3.8, 4) is 17.3 Å². The van der Waals surface area contributed by atoms with Gasteiger partial charge < -0.3 is 14.6 Å². The minimum Gasteiger partial charge on any atom is -0.493 e. The van der Waals surface area contributed by atoms with Crippen LogP contribution in [0.3, 0.4) is 0 Å². The minimum atomic E-state index is -0.454. The van der Waals surface area contributed by atoms with E-state index in [1.165, 1.54) is 18.2 Å². The molecule has 0 saturated carbocycles. The molecule has 3 aromatic rings. The lowest BCUT2D eigenvalue weighted by molar-refractivity contribution is 0.102. The average molecular weight is 367 g/mol. The van der Waals surface area contributed by atoms with Gasteiger partial charge in [0.15, 0.2) is 5.82 Å². The summed E-state index contributed by atoms with van der Waals surface area (Å²) in [7, 11) is 0. The fourth-order valence-electron chi connectivity index (χ4n) is 3.00. The van der Waals surface area contributed by atoms with E-state index in [1.807, 2.05) is 10.6 Å². The lowest BCUT2D eigenvalue weighted by Gasteiger charge is -2.17. The van der Waals surface area contributed by atoms with Gasteiger partial charge in [0.05, 0.1) is 12.2 Å². The van der Waals surface area contributed by atoms with Gasteiger partial charge in [0.2, 0.25) is 0 Å². The van der Waals surface area contributed by atoms with Gasteiger partial charge in [0.1, 0.15) is 29.4 Å². The summed E-state index contributed by atoms with van der Waals surface area (Å²) in [6.45, 7) is 3.15. The van der Waals surface area contributed by atoms with Crippen LogP contribution in [0.4, 0.5) is 10.2 Å². The Morgan fingerprint density at radius 1 is 1.30 bits per heavy atom. The summed E-state index contributed by atoms with van der Waals surface area (Å²) in [5.74, 6) is 0.617. The van der Waals surface area contributed by atoms with E-state index in [1.54, 1.807) is 18.5 Å². The quantitative estimate of drug-likeness (QED) is 0.660. The predicted octanol–water partition coefficient (Wildman–Crippen LogP) is 3.15. The Morgan fingerprint density at radius 3 is 3.07 bits per heavy atom. The number of pyridine rings is 1. The maximum Gasteiger partial charge on any atom is 0.260 e. The highest BCUT2D eigenvalue weighted by Gasteiger charge is 2.18.